The Morgan fingerprint density at radius 2 is 1.79 bits per heavy atom. The lowest BCUT2D eigenvalue weighted by Crippen LogP contribution is -2.36. The van der Waals surface area contributed by atoms with Gasteiger partial charge in [0.2, 0.25) is 11.6 Å². The predicted octanol–water partition coefficient (Wildman–Crippen LogP) is -0.497. The van der Waals surface area contributed by atoms with Crippen molar-refractivity contribution in [2.24, 2.45) is 24.3 Å². The highest BCUT2D eigenvalue weighted by Gasteiger charge is 2.13. The Bertz CT molecular complexity index is 497. The fourth-order valence-electron chi connectivity index (χ4n) is 1.00. The maximum Gasteiger partial charge on any atom is 0.333 e. The molecule has 0 bridgehead atoms. The molecule has 0 saturated carbocycles. The maximum absolute atomic E-state index is 11.4. The van der Waals surface area contributed by atoms with Crippen molar-refractivity contribution in [1.82, 2.24) is 9.13 Å². The van der Waals surface area contributed by atoms with Crippen LogP contribution in [-0.2, 0) is 14.1 Å². The van der Waals surface area contributed by atoms with E-state index in [9.17, 15) is 14.7 Å². The molecule has 1 N–H and O–H groups in total. The molecule has 0 radical (unpaired) electrons. The Kier molecular flexibility index (Phi) is 2.50. The van der Waals surface area contributed by atoms with Gasteiger partial charge in [0.15, 0.2) is 0 Å². The molecule has 1 rings (SSSR count). The van der Waals surface area contributed by atoms with Crippen molar-refractivity contribution in [1.29, 1.82) is 0 Å². The minimum atomic E-state index is -0.670. The number of azo groups is 1. The molecular weight excluding hydrogens is 188 g/mol. The first-order chi connectivity index (χ1) is 6.50. The molecule has 0 aromatic carbocycles. The lowest BCUT2D eigenvalue weighted by molar-refractivity contribution is 0.413. The monoisotopic (exact) mass is 198 g/mol. The van der Waals surface area contributed by atoms with Gasteiger partial charge in [-0.3, -0.25) is 13.9 Å². The third kappa shape index (κ3) is 1.32. The Morgan fingerprint density at radius 1 is 1.21 bits per heavy atom. The van der Waals surface area contributed by atoms with Crippen molar-refractivity contribution < 1.29 is 5.11 Å². The number of nitrogens with zero attached hydrogens (tertiary/aromatic N) is 4. The smallest absolute Gasteiger partial charge is 0.333 e. The first-order valence-electron chi connectivity index (χ1n) is 3.79. The van der Waals surface area contributed by atoms with Crippen LogP contribution in [0, 0.1) is 0 Å². The Hall–Kier alpha value is -1.92. The molecule has 0 aliphatic heterocycles. The molecular formula is C7H10N4O3. The summed E-state index contributed by atoms with van der Waals surface area (Å²) < 4.78 is 1.77. The zero-order chi connectivity index (χ0) is 10.9. The summed E-state index contributed by atoms with van der Waals surface area (Å²) in [5.74, 6) is -0.483. The van der Waals surface area contributed by atoms with Crippen molar-refractivity contribution in [3.05, 3.63) is 20.8 Å². The summed E-state index contributed by atoms with van der Waals surface area (Å²) in [6.45, 7) is 0. The molecule has 0 atom stereocenters. The van der Waals surface area contributed by atoms with Crippen LogP contribution in [-0.4, -0.2) is 21.3 Å². The van der Waals surface area contributed by atoms with Gasteiger partial charge in [0.1, 0.15) is 0 Å². The van der Waals surface area contributed by atoms with E-state index in [1.807, 2.05) is 0 Å². The number of rotatable bonds is 1. The molecule has 1 heterocycles. The summed E-state index contributed by atoms with van der Waals surface area (Å²) in [4.78, 5) is 22.6. The number of hydrogen-bond donors (Lipinski definition) is 1. The van der Waals surface area contributed by atoms with Gasteiger partial charge < -0.3 is 5.11 Å². The Labute approximate surface area is 78.9 Å². The summed E-state index contributed by atoms with van der Waals surface area (Å²) in [5.41, 5.74) is -1.52. The van der Waals surface area contributed by atoms with E-state index >= 15 is 0 Å². The van der Waals surface area contributed by atoms with Crippen LogP contribution in [0.15, 0.2) is 19.8 Å². The lowest BCUT2D eigenvalue weighted by Gasteiger charge is -2.05. The third-order valence-corrected chi connectivity index (χ3v) is 1.81. The molecule has 0 aliphatic rings. The minimum Gasteiger partial charge on any atom is -0.493 e. The summed E-state index contributed by atoms with van der Waals surface area (Å²) >= 11 is 0. The van der Waals surface area contributed by atoms with Gasteiger partial charge in [0.05, 0.1) is 0 Å². The van der Waals surface area contributed by atoms with Crippen LogP contribution in [0.4, 0.5) is 5.69 Å². The number of aromatic hydroxyl groups is 1. The molecule has 7 heteroatoms. The normalized spacial score (nSPS) is 11.1. The molecule has 0 fully saturated rings. The van der Waals surface area contributed by atoms with Crippen LogP contribution >= 0.6 is 0 Å². The van der Waals surface area contributed by atoms with E-state index in [1.54, 1.807) is 0 Å². The van der Waals surface area contributed by atoms with E-state index in [4.69, 9.17) is 0 Å². The van der Waals surface area contributed by atoms with Crippen molar-refractivity contribution in [3.63, 3.8) is 0 Å². The third-order valence-electron chi connectivity index (χ3n) is 1.81. The van der Waals surface area contributed by atoms with Crippen LogP contribution in [0.3, 0.4) is 0 Å². The van der Waals surface area contributed by atoms with Gasteiger partial charge in [-0.25, -0.2) is 4.79 Å². The average molecular weight is 198 g/mol. The van der Waals surface area contributed by atoms with Crippen LogP contribution in [0.1, 0.15) is 0 Å². The highest BCUT2D eigenvalue weighted by Crippen LogP contribution is 2.17. The van der Waals surface area contributed by atoms with E-state index in [0.717, 1.165) is 9.13 Å². The zero-order valence-corrected chi connectivity index (χ0v) is 8.05. The van der Waals surface area contributed by atoms with E-state index < -0.39 is 17.1 Å². The summed E-state index contributed by atoms with van der Waals surface area (Å²) in [7, 11) is 4.01. The Balaban J connectivity index is 3.78. The van der Waals surface area contributed by atoms with Gasteiger partial charge >= 0.3 is 5.69 Å². The second-order valence-corrected chi connectivity index (χ2v) is 2.68. The van der Waals surface area contributed by atoms with E-state index in [1.165, 1.54) is 21.1 Å². The van der Waals surface area contributed by atoms with E-state index in [0.29, 0.717) is 0 Å². The molecule has 14 heavy (non-hydrogen) atoms. The van der Waals surface area contributed by atoms with Gasteiger partial charge in [-0.1, -0.05) is 0 Å². The molecule has 1 aromatic heterocycles. The standard InChI is InChI=1S/C7H10N4O3/c1-8-9-4-5(12)10(2)7(14)11(3)6(4)13/h12H,1-3H3. The highest BCUT2D eigenvalue weighted by atomic mass is 16.3. The molecule has 76 valence electrons. The second-order valence-electron chi connectivity index (χ2n) is 2.68. The van der Waals surface area contributed by atoms with Crippen LogP contribution in [0.25, 0.3) is 0 Å². The SMILES string of the molecule is CN=Nc1c(O)n(C)c(=O)n(C)c1=O. The first kappa shape index (κ1) is 10.2. The maximum atomic E-state index is 11.4. The van der Waals surface area contributed by atoms with Gasteiger partial charge in [0.25, 0.3) is 5.56 Å². The molecule has 0 saturated heterocycles. The molecule has 0 unspecified atom stereocenters. The van der Waals surface area contributed by atoms with Crippen molar-refractivity contribution in [2.75, 3.05) is 7.05 Å². The quantitative estimate of drug-likeness (QED) is 0.617. The van der Waals surface area contributed by atoms with Crippen molar-refractivity contribution in [2.45, 2.75) is 0 Å². The topological polar surface area (TPSA) is 88.9 Å². The number of hydrogen-bond acceptors (Lipinski definition) is 5. The summed E-state index contributed by atoms with van der Waals surface area (Å²) in [5, 5.41) is 16.2. The molecule has 7 nitrogen and oxygen atoms in total. The predicted molar refractivity (Wildman–Crippen MR) is 49.0 cm³/mol. The fourth-order valence-corrected chi connectivity index (χ4v) is 1.00. The van der Waals surface area contributed by atoms with Gasteiger partial charge in [-0.05, 0) is 0 Å². The lowest BCUT2D eigenvalue weighted by atomic mass is 10.5. The first-order valence-corrected chi connectivity index (χ1v) is 3.79. The molecule has 0 spiro atoms. The zero-order valence-electron chi connectivity index (χ0n) is 8.05. The van der Waals surface area contributed by atoms with Crippen LogP contribution in [0.2, 0.25) is 0 Å². The van der Waals surface area contributed by atoms with E-state index in [2.05, 4.69) is 10.2 Å². The molecule has 0 amide bonds. The summed E-state index contributed by atoms with van der Waals surface area (Å²) in [6, 6.07) is 0. The minimum absolute atomic E-state index is 0.239. The van der Waals surface area contributed by atoms with Gasteiger partial charge in [0, 0.05) is 21.1 Å². The van der Waals surface area contributed by atoms with Crippen molar-refractivity contribution in [3.8, 4) is 5.88 Å². The van der Waals surface area contributed by atoms with Gasteiger partial charge in [-0.15, -0.1) is 5.11 Å². The van der Waals surface area contributed by atoms with Gasteiger partial charge in [-0.2, -0.15) is 5.11 Å². The van der Waals surface area contributed by atoms with Crippen LogP contribution in [0.5, 0.6) is 5.88 Å². The highest BCUT2D eigenvalue weighted by molar-refractivity contribution is 5.43. The average Bonchev–Trinajstić information content (AvgIpc) is 2.19. The summed E-state index contributed by atoms with van der Waals surface area (Å²) in [6.07, 6.45) is 0. The van der Waals surface area contributed by atoms with Crippen LogP contribution < -0.4 is 11.2 Å². The Morgan fingerprint density at radius 3 is 2.29 bits per heavy atom. The van der Waals surface area contributed by atoms with E-state index in [-0.39, 0.29) is 5.69 Å². The molecule has 1 aromatic rings. The van der Waals surface area contributed by atoms with Crippen molar-refractivity contribution >= 4 is 5.69 Å². The molecule has 0 aliphatic carbocycles. The fraction of sp³-hybridized carbons (Fsp3) is 0.429. The largest absolute Gasteiger partial charge is 0.493 e. The second kappa shape index (κ2) is 3.44. The number of aromatic nitrogens is 2.